The molecule has 0 aliphatic heterocycles. The first-order valence-electron chi connectivity index (χ1n) is 6.68. The van der Waals surface area contributed by atoms with Gasteiger partial charge in [-0.2, -0.15) is 0 Å². The smallest absolute Gasteiger partial charge is 0.119 e. The van der Waals surface area contributed by atoms with Gasteiger partial charge in [0.1, 0.15) is 5.75 Å². The van der Waals surface area contributed by atoms with Crippen molar-refractivity contribution in [3.8, 4) is 5.75 Å². The Morgan fingerprint density at radius 3 is 2.67 bits per heavy atom. The number of ether oxygens (including phenoxy) is 1. The predicted octanol–water partition coefficient (Wildman–Crippen LogP) is 2.47. The quantitative estimate of drug-likeness (QED) is 0.720. The minimum Gasteiger partial charge on any atom is -0.494 e. The van der Waals surface area contributed by atoms with E-state index in [4.69, 9.17) is 9.84 Å². The number of aliphatic hydroxyl groups excluding tert-OH is 1. The van der Waals surface area contributed by atoms with Crippen LogP contribution in [0.15, 0.2) is 24.3 Å². The second-order valence-electron chi connectivity index (χ2n) is 4.87. The minimum absolute atomic E-state index is 0.219. The van der Waals surface area contributed by atoms with Crippen molar-refractivity contribution in [3.63, 3.8) is 0 Å². The van der Waals surface area contributed by atoms with Gasteiger partial charge in [-0.25, -0.2) is 0 Å². The standard InChI is InChI=1S/C15H25NO2/c1-13(2)16(9-10-17)8-5-11-18-15-7-4-6-14(3)12-15/h4,6-7,12-13,17H,5,8-11H2,1-3H3. The van der Waals surface area contributed by atoms with E-state index in [1.807, 2.05) is 18.2 Å². The van der Waals surface area contributed by atoms with Gasteiger partial charge in [0.05, 0.1) is 13.2 Å². The monoisotopic (exact) mass is 251 g/mol. The topological polar surface area (TPSA) is 32.7 Å². The van der Waals surface area contributed by atoms with E-state index in [0.717, 1.165) is 31.9 Å². The van der Waals surface area contributed by atoms with Crippen LogP contribution >= 0.6 is 0 Å². The molecule has 0 spiro atoms. The van der Waals surface area contributed by atoms with Crippen molar-refractivity contribution in [1.82, 2.24) is 4.90 Å². The molecule has 0 radical (unpaired) electrons. The lowest BCUT2D eigenvalue weighted by atomic mass is 10.2. The lowest BCUT2D eigenvalue weighted by molar-refractivity contribution is 0.155. The van der Waals surface area contributed by atoms with Gasteiger partial charge in [0.25, 0.3) is 0 Å². The third-order valence-corrected chi connectivity index (χ3v) is 2.97. The third kappa shape index (κ3) is 5.52. The van der Waals surface area contributed by atoms with Crippen LogP contribution in [0.2, 0.25) is 0 Å². The molecule has 1 rings (SSSR count). The highest BCUT2D eigenvalue weighted by atomic mass is 16.5. The summed E-state index contributed by atoms with van der Waals surface area (Å²) in [5.74, 6) is 0.938. The fraction of sp³-hybridized carbons (Fsp3) is 0.600. The van der Waals surface area contributed by atoms with Gasteiger partial charge in [0.15, 0.2) is 0 Å². The number of nitrogens with zero attached hydrogens (tertiary/aromatic N) is 1. The Bertz CT molecular complexity index is 339. The fourth-order valence-electron chi connectivity index (χ4n) is 1.92. The predicted molar refractivity (Wildman–Crippen MR) is 75.1 cm³/mol. The van der Waals surface area contributed by atoms with Gasteiger partial charge in [-0.3, -0.25) is 4.90 Å². The van der Waals surface area contributed by atoms with E-state index in [1.165, 1.54) is 5.56 Å². The summed E-state index contributed by atoms with van der Waals surface area (Å²) in [5.41, 5.74) is 1.22. The molecule has 3 nitrogen and oxygen atoms in total. The van der Waals surface area contributed by atoms with Crippen LogP contribution in [0, 0.1) is 6.92 Å². The van der Waals surface area contributed by atoms with Crippen LogP contribution in [0.3, 0.4) is 0 Å². The van der Waals surface area contributed by atoms with Crippen LogP contribution in [-0.2, 0) is 0 Å². The van der Waals surface area contributed by atoms with E-state index < -0.39 is 0 Å². The van der Waals surface area contributed by atoms with Crippen LogP contribution in [0.5, 0.6) is 5.75 Å². The number of benzene rings is 1. The summed E-state index contributed by atoms with van der Waals surface area (Å²) in [6.45, 7) is 9.00. The van der Waals surface area contributed by atoms with E-state index in [-0.39, 0.29) is 6.61 Å². The molecule has 0 atom stereocenters. The van der Waals surface area contributed by atoms with E-state index in [9.17, 15) is 0 Å². The Morgan fingerprint density at radius 2 is 2.06 bits per heavy atom. The Labute approximate surface area is 110 Å². The van der Waals surface area contributed by atoms with Gasteiger partial charge in [-0.05, 0) is 44.9 Å². The molecule has 1 aromatic rings. The molecule has 0 bridgehead atoms. The molecule has 0 amide bonds. The highest BCUT2D eigenvalue weighted by molar-refractivity contribution is 5.27. The van der Waals surface area contributed by atoms with Crippen molar-refractivity contribution in [2.45, 2.75) is 33.2 Å². The zero-order chi connectivity index (χ0) is 13.4. The molecule has 0 saturated heterocycles. The molecule has 0 heterocycles. The highest BCUT2D eigenvalue weighted by Gasteiger charge is 2.07. The Balaban J connectivity index is 2.25. The first kappa shape index (κ1) is 15.0. The van der Waals surface area contributed by atoms with Crippen LogP contribution in [0.25, 0.3) is 0 Å². The number of hydrogen-bond acceptors (Lipinski definition) is 3. The third-order valence-electron chi connectivity index (χ3n) is 2.97. The largest absolute Gasteiger partial charge is 0.494 e. The average Bonchev–Trinajstić information content (AvgIpc) is 2.33. The number of aryl methyl sites for hydroxylation is 1. The van der Waals surface area contributed by atoms with Crippen molar-refractivity contribution >= 4 is 0 Å². The molecule has 3 heteroatoms. The van der Waals surface area contributed by atoms with E-state index in [0.29, 0.717) is 6.04 Å². The van der Waals surface area contributed by atoms with E-state index in [1.54, 1.807) is 0 Å². The molecule has 0 fully saturated rings. The first-order valence-corrected chi connectivity index (χ1v) is 6.68. The van der Waals surface area contributed by atoms with E-state index >= 15 is 0 Å². The van der Waals surface area contributed by atoms with Crippen molar-refractivity contribution in [1.29, 1.82) is 0 Å². The highest BCUT2D eigenvalue weighted by Crippen LogP contribution is 2.12. The van der Waals surface area contributed by atoms with Gasteiger partial charge in [0.2, 0.25) is 0 Å². The number of aliphatic hydroxyl groups is 1. The molecule has 0 aliphatic rings. The zero-order valence-corrected chi connectivity index (χ0v) is 11.7. The number of hydrogen-bond donors (Lipinski definition) is 1. The lowest BCUT2D eigenvalue weighted by Crippen LogP contribution is -2.34. The number of rotatable bonds is 8. The van der Waals surface area contributed by atoms with Gasteiger partial charge < -0.3 is 9.84 Å². The molecule has 0 unspecified atom stereocenters. The summed E-state index contributed by atoms with van der Waals surface area (Å²) < 4.78 is 5.71. The van der Waals surface area contributed by atoms with Crippen molar-refractivity contribution in [2.75, 3.05) is 26.3 Å². The molecule has 1 N–H and O–H groups in total. The van der Waals surface area contributed by atoms with Crippen molar-refractivity contribution in [2.24, 2.45) is 0 Å². The maximum absolute atomic E-state index is 8.98. The van der Waals surface area contributed by atoms with E-state index in [2.05, 4.69) is 31.7 Å². The fourth-order valence-corrected chi connectivity index (χ4v) is 1.92. The summed E-state index contributed by atoms with van der Waals surface area (Å²) in [7, 11) is 0. The van der Waals surface area contributed by atoms with Crippen LogP contribution in [0.1, 0.15) is 25.8 Å². The van der Waals surface area contributed by atoms with Gasteiger partial charge in [-0.1, -0.05) is 12.1 Å². The Hall–Kier alpha value is -1.06. The molecule has 0 aromatic heterocycles. The SMILES string of the molecule is Cc1cccc(OCCCN(CCO)C(C)C)c1. The van der Waals surface area contributed by atoms with Gasteiger partial charge >= 0.3 is 0 Å². The molecular formula is C15H25NO2. The van der Waals surface area contributed by atoms with Gasteiger partial charge in [-0.15, -0.1) is 0 Å². The maximum atomic E-state index is 8.98. The maximum Gasteiger partial charge on any atom is 0.119 e. The van der Waals surface area contributed by atoms with Crippen LogP contribution in [0.4, 0.5) is 0 Å². The summed E-state index contributed by atoms with van der Waals surface area (Å²) >= 11 is 0. The van der Waals surface area contributed by atoms with Crippen LogP contribution in [-0.4, -0.2) is 42.4 Å². The minimum atomic E-state index is 0.219. The second-order valence-corrected chi connectivity index (χ2v) is 4.87. The lowest BCUT2D eigenvalue weighted by Gasteiger charge is -2.25. The Morgan fingerprint density at radius 1 is 1.28 bits per heavy atom. The Kier molecular flexibility index (Phi) is 6.76. The van der Waals surface area contributed by atoms with Crippen molar-refractivity contribution in [3.05, 3.63) is 29.8 Å². The summed E-state index contributed by atoms with van der Waals surface area (Å²) in [5, 5.41) is 8.98. The van der Waals surface area contributed by atoms with Crippen LogP contribution < -0.4 is 4.74 Å². The first-order chi connectivity index (χ1) is 8.63. The summed E-state index contributed by atoms with van der Waals surface area (Å²) in [6, 6.07) is 8.58. The molecule has 0 aliphatic carbocycles. The molecule has 102 valence electrons. The molecule has 1 aromatic carbocycles. The zero-order valence-electron chi connectivity index (χ0n) is 11.7. The normalized spacial score (nSPS) is 11.2. The summed E-state index contributed by atoms with van der Waals surface area (Å²) in [6.07, 6.45) is 0.978. The molecular weight excluding hydrogens is 226 g/mol. The second kappa shape index (κ2) is 8.11. The molecule has 18 heavy (non-hydrogen) atoms. The average molecular weight is 251 g/mol. The van der Waals surface area contributed by atoms with Crippen molar-refractivity contribution < 1.29 is 9.84 Å². The summed E-state index contributed by atoms with van der Waals surface area (Å²) in [4.78, 5) is 2.26. The molecule has 0 saturated carbocycles. The van der Waals surface area contributed by atoms with Gasteiger partial charge in [0, 0.05) is 19.1 Å².